The van der Waals surface area contributed by atoms with E-state index in [4.69, 9.17) is 28.4 Å². The van der Waals surface area contributed by atoms with Crippen LogP contribution in [0.2, 0.25) is 0 Å². The van der Waals surface area contributed by atoms with Gasteiger partial charge in [0.2, 0.25) is 0 Å². The average Bonchev–Trinajstić information content (AvgIpc) is 3.33. The smallest absolute Gasteiger partial charge is 0.339 e. The lowest BCUT2D eigenvalue weighted by molar-refractivity contribution is -0.178. The van der Waals surface area contributed by atoms with Gasteiger partial charge in [-0.05, 0) is 57.8 Å². The summed E-state index contributed by atoms with van der Waals surface area (Å²) in [6, 6.07) is 0. The number of unbranched alkanes of at least 4 members (excludes halogenated alkanes) is 30. The molecule has 0 heterocycles. The van der Waals surface area contributed by atoms with Crippen LogP contribution in [0, 0.1) is 0 Å². The van der Waals surface area contributed by atoms with Crippen molar-refractivity contribution in [2.24, 2.45) is 0 Å². The molecule has 0 aromatic rings. The second-order valence-electron chi connectivity index (χ2n) is 19.5. The molecule has 0 radical (unpaired) electrons. The van der Waals surface area contributed by atoms with Gasteiger partial charge >= 0.3 is 35.8 Å². The highest BCUT2D eigenvalue weighted by atomic mass is 16.6. The van der Waals surface area contributed by atoms with E-state index in [1.54, 1.807) is 0 Å². The van der Waals surface area contributed by atoms with Gasteiger partial charge in [-0.2, -0.15) is 0 Å². The fourth-order valence-electron chi connectivity index (χ4n) is 8.11. The molecule has 0 unspecified atom stereocenters. The van der Waals surface area contributed by atoms with Gasteiger partial charge in [-0.25, -0.2) is 4.79 Å². The van der Waals surface area contributed by atoms with Gasteiger partial charge in [0.05, 0.1) is 52.5 Å². The molecular formula is C57H104O13. The predicted molar refractivity (Wildman–Crippen MR) is 277 cm³/mol. The highest BCUT2D eigenvalue weighted by molar-refractivity contribution is 5.90. The normalized spacial score (nSPS) is 11.3. The molecule has 0 aliphatic carbocycles. The lowest BCUT2D eigenvalue weighted by Crippen LogP contribution is -2.45. The Kier molecular flexibility index (Phi) is 48.4. The van der Waals surface area contributed by atoms with E-state index in [1.807, 2.05) is 0 Å². The molecule has 0 atom stereocenters. The van der Waals surface area contributed by atoms with Gasteiger partial charge < -0.3 is 33.5 Å². The SMILES string of the molecule is CCCCCCCCC(=O)OCCCCCCCCOC(=O)CC(O)(CC(=O)OCCCCCCCCOC(=O)CCCCCCCC)C(=O)OCCCCCCCCOC(=O)CCCCCCCC. The van der Waals surface area contributed by atoms with Crippen molar-refractivity contribution in [3.05, 3.63) is 0 Å². The largest absolute Gasteiger partial charge is 0.466 e. The van der Waals surface area contributed by atoms with Crippen LogP contribution in [0.4, 0.5) is 0 Å². The van der Waals surface area contributed by atoms with Gasteiger partial charge in [-0.3, -0.25) is 24.0 Å². The van der Waals surface area contributed by atoms with E-state index in [-0.39, 0.29) is 37.7 Å². The molecule has 0 aliphatic heterocycles. The Morgan fingerprint density at radius 3 is 0.729 bits per heavy atom. The quantitative estimate of drug-likeness (QED) is 0.0346. The molecule has 0 saturated carbocycles. The van der Waals surface area contributed by atoms with Crippen molar-refractivity contribution in [2.75, 3.05) is 39.6 Å². The monoisotopic (exact) mass is 997 g/mol. The number of ether oxygens (including phenoxy) is 6. The second-order valence-corrected chi connectivity index (χ2v) is 19.5. The maximum Gasteiger partial charge on any atom is 0.339 e. The minimum absolute atomic E-state index is 0.0323. The zero-order valence-electron chi connectivity index (χ0n) is 45.1. The summed E-state index contributed by atoms with van der Waals surface area (Å²) in [5.74, 6) is -3.00. The molecule has 13 nitrogen and oxygen atoms in total. The molecule has 0 rings (SSSR count). The van der Waals surface area contributed by atoms with E-state index >= 15 is 0 Å². The molecule has 410 valence electrons. The zero-order chi connectivity index (χ0) is 51.4. The fourth-order valence-corrected chi connectivity index (χ4v) is 8.11. The average molecular weight is 997 g/mol. The van der Waals surface area contributed by atoms with Crippen LogP contribution >= 0.6 is 0 Å². The van der Waals surface area contributed by atoms with Crippen molar-refractivity contribution >= 4 is 35.8 Å². The van der Waals surface area contributed by atoms with Crippen molar-refractivity contribution in [1.82, 2.24) is 0 Å². The minimum Gasteiger partial charge on any atom is -0.466 e. The molecule has 0 amide bonds. The predicted octanol–water partition coefficient (Wildman–Crippen LogP) is 14.0. The highest BCUT2D eigenvalue weighted by Crippen LogP contribution is 2.21. The molecule has 0 aromatic carbocycles. The molecule has 70 heavy (non-hydrogen) atoms. The lowest BCUT2D eigenvalue weighted by Gasteiger charge is -2.24. The van der Waals surface area contributed by atoms with Gasteiger partial charge in [0.25, 0.3) is 0 Å². The molecule has 0 bridgehead atoms. The van der Waals surface area contributed by atoms with Crippen molar-refractivity contribution in [3.8, 4) is 0 Å². The molecule has 0 aliphatic rings. The van der Waals surface area contributed by atoms with Crippen LogP contribution in [0.25, 0.3) is 0 Å². The molecule has 0 saturated heterocycles. The standard InChI is InChI=1S/C57H104O13/c1-4-7-10-13-22-31-40-51(58)65-43-34-25-16-18-28-37-46-68-54(61)49-57(64,56(63)70-48-39-30-21-20-27-36-45-67-53(60)42-33-24-15-12-9-6-3)50-55(62)69-47-38-29-19-17-26-35-44-66-52(59)41-32-23-14-11-8-5-2/h64H,4-50H2,1-3H3. The Balaban J connectivity index is 4.57. The Morgan fingerprint density at radius 1 is 0.271 bits per heavy atom. The number of rotatable bonds is 53. The van der Waals surface area contributed by atoms with Crippen molar-refractivity contribution in [3.63, 3.8) is 0 Å². The summed E-state index contributed by atoms with van der Waals surface area (Å²) in [6.07, 6.45) is 35.5. The number of carbonyl (C=O) groups is 6. The lowest BCUT2D eigenvalue weighted by atomic mass is 9.95. The third-order valence-electron chi connectivity index (χ3n) is 12.6. The van der Waals surface area contributed by atoms with Crippen LogP contribution in [-0.2, 0) is 57.2 Å². The summed E-state index contributed by atoms with van der Waals surface area (Å²) in [6.45, 7) is 8.14. The third kappa shape index (κ3) is 45.9. The highest BCUT2D eigenvalue weighted by Gasteiger charge is 2.43. The molecule has 1 N–H and O–H groups in total. The first kappa shape index (κ1) is 66.8. The first-order chi connectivity index (χ1) is 34.1. The third-order valence-corrected chi connectivity index (χ3v) is 12.6. The molecule has 0 spiro atoms. The van der Waals surface area contributed by atoms with E-state index in [1.165, 1.54) is 77.0 Å². The van der Waals surface area contributed by atoms with E-state index in [0.717, 1.165) is 135 Å². The van der Waals surface area contributed by atoms with Crippen LogP contribution in [0.15, 0.2) is 0 Å². The van der Waals surface area contributed by atoms with Crippen LogP contribution in [0.1, 0.15) is 284 Å². The first-order valence-corrected chi connectivity index (χ1v) is 28.8. The summed E-state index contributed by atoms with van der Waals surface area (Å²) in [4.78, 5) is 74.9. The van der Waals surface area contributed by atoms with Crippen LogP contribution in [0.5, 0.6) is 0 Å². The summed E-state index contributed by atoms with van der Waals surface area (Å²) in [5.41, 5.74) is -2.42. The van der Waals surface area contributed by atoms with Crippen molar-refractivity contribution < 1.29 is 62.3 Å². The first-order valence-electron chi connectivity index (χ1n) is 28.8. The van der Waals surface area contributed by atoms with E-state index in [9.17, 15) is 33.9 Å². The van der Waals surface area contributed by atoms with Crippen molar-refractivity contribution in [2.45, 2.75) is 290 Å². The number of esters is 6. The van der Waals surface area contributed by atoms with Gasteiger partial charge in [0.15, 0.2) is 5.60 Å². The fraction of sp³-hybridized carbons (Fsp3) is 0.895. The van der Waals surface area contributed by atoms with E-state index < -0.39 is 36.4 Å². The zero-order valence-corrected chi connectivity index (χ0v) is 45.1. The van der Waals surface area contributed by atoms with Crippen molar-refractivity contribution in [1.29, 1.82) is 0 Å². The summed E-state index contributed by atoms with van der Waals surface area (Å²) >= 11 is 0. The van der Waals surface area contributed by atoms with Crippen LogP contribution in [-0.4, -0.2) is 86.2 Å². The summed E-state index contributed by atoms with van der Waals surface area (Å²) in [5, 5.41) is 11.4. The van der Waals surface area contributed by atoms with Gasteiger partial charge in [-0.1, -0.05) is 194 Å². The van der Waals surface area contributed by atoms with Gasteiger partial charge in [0, 0.05) is 19.3 Å². The maximum absolute atomic E-state index is 13.2. The maximum atomic E-state index is 13.2. The molecule has 13 heteroatoms. The number of carbonyl (C=O) groups excluding carboxylic acids is 6. The van der Waals surface area contributed by atoms with E-state index in [2.05, 4.69) is 20.8 Å². The second kappa shape index (κ2) is 50.7. The minimum atomic E-state index is -2.42. The number of hydrogen-bond acceptors (Lipinski definition) is 13. The Bertz CT molecular complexity index is 1210. The molecule has 0 fully saturated rings. The summed E-state index contributed by atoms with van der Waals surface area (Å²) in [7, 11) is 0. The molecule has 0 aromatic heterocycles. The number of aliphatic hydroxyl groups is 1. The van der Waals surface area contributed by atoms with Crippen LogP contribution in [0.3, 0.4) is 0 Å². The summed E-state index contributed by atoms with van der Waals surface area (Å²) < 4.78 is 32.3. The molecular weight excluding hydrogens is 893 g/mol. The van der Waals surface area contributed by atoms with E-state index in [0.29, 0.717) is 58.3 Å². The topological polar surface area (TPSA) is 178 Å². The Hall–Kier alpha value is -3.22. The Labute approximate surface area is 426 Å². The van der Waals surface area contributed by atoms with Crippen LogP contribution < -0.4 is 0 Å². The van der Waals surface area contributed by atoms with Gasteiger partial charge in [0.1, 0.15) is 0 Å². The Morgan fingerprint density at radius 2 is 0.471 bits per heavy atom. The van der Waals surface area contributed by atoms with Gasteiger partial charge in [-0.15, -0.1) is 0 Å². The number of hydrogen-bond donors (Lipinski definition) is 1.